The third-order valence-corrected chi connectivity index (χ3v) is 4.69. The molecule has 1 fully saturated rings. The van der Waals surface area contributed by atoms with E-state index in [1.807, 2.05) is 31.5 Å². The molecule has 122 valence electrons. The molecule has 24 heavy (non-hydrogen) atoms. The predicted molar refractivity (Wildman–Crippen MR) is 93.1 cm³/mol. The minimum atomic E-state index is 0.368. The minimum absolute atomic E-state index is 0.368. The van der Waals surface area contributed by atoms with Crippen LogP contribution in [0.5, 0.6) is 0 Å². The van der Waals surface area contributed by atoms with Crippen molar-refractivity contribution >= 4 is 22.4 Å². The van der Waals surface area contributed by atoms with Crippen LogP contribution in [0.2, 0.25) is 5.15 Å². The van der Waals surface area contributed by atoms with E-state index in [1.165, 1.54) is 0 Å². The molecule has 3 heterocycles. The molecule has 3 aromatic rings. The molecule has 0 amide bonds. The molecule has 1 aliphatic rings. The zero-order valence-electron chi connectivity index (χ0n) is 13.4. The summed E-state index contributed by atoms with van der Waals surface area (Å²) in [5, 5.41) is 10.9. The minimum Gasteiger partial charge on any atom is -0.381 e. The Labute approximate surface area is 145 Å². The van der Waals surface area contributed by atoms with Crippen LogP contribution in [0.25, 0.3) is 22.2 Å². The Hall–Kier alpha value is -2.11. The van der Waals surface area contributed by atoms with Gasteiger partial charge in [-0.05, 0) is 31.4 Å². The lowest BCUT2D eigenvalue weighted by Gasteiger charge is -2.22. The van der Waals surface area contributed by atoms with E-state index in [0.29, 0.717) is 16.9 Å². The second-order valence-electron chi connectivity index (χ2n) is 6.11. The second kappa shape index (κ2) is 6.42. The van der Waals surface area contributed by atoms with Gasteiger partial charge in [-0.2, -0.15) is 5.10 Å². The Bertz CT molecular complexity index is 876. The van der Waals surface area contributed by atoms with E-state index in [9.17, 15) is 0 Å². The summed E-state index contributed by atoms with van der Waals surface area (Å²) in [7, 11) is 0. The van der Waals surface area contributed by atoms with Gasteiger partial charge in [0.2, 0.25) is 0 Å². The summed E-state index contributed by atoms with van der Waals surface area (Å²) < 4.78 is 5.45. The van der Waals surface area contributed by atoms with Crippen molar-refractivity contribution < 1.29 is 4.74 Å². The van der Waals surface area contributed by atoms with Gasteiger partial charge in [0.25, 0.3) is 0 Å². The number of halogens is 1. The zero-order valence-corrected chi connectivity index (χ0v) is 14.1. The number of hydrogen-bond donors (Lipinski definition) is 0. The van der Waals surface area contributed by atoms with E-state index in [2.05, 4.69) is 26.2 Å². The maximum Gasteiger partial charge on any atom is 0.159 e. The van der Waals surface area contributed by atoms with Crippen LogP contribution in [0.3, 0.4) is 0 Å². The van der Waals surface area contributed by atoms with Gasteiger partial charge in [0.05, 0.1) is 5.69 Å². The summed E-state index contributed by atoms with van der Waals surface area (Å²) in [6, 6.07) is 6.08. The van der Waals surface area contributed by atoms with Crippen LogP contribution in [0.1, 0.15) is 30.0 Å². The Balaban J connectivity index is 1.81. The second-order valence-corrected chi connectivity index (χ2v) is 6.47. The van der Waals surface area contributed by atoms with E-state index in [4.69, 9.17) is 16.3 Å². The van der Waals surface area contributed by atoms with Crippen LogP contribution in [-0.4, -0.2) is 33.4 Å². The first-order valence-corrected chi connectivity index (χ1v) is 8.43. The normalized spacial score (nSPS) is 15.8. The van der Waals surface area contributed by atoms with Crippen molar-refractivity contribution in [2.75, 3.05) is 13.2 Å². The smallest absolute Gasteiger partial charge is 0.159 e. The van der Waals surface area contributed by atoms with E-state index >= 15 is 0 Å². The molecule has 2 aromatic heterocycles. The molecule has 0 unspecified atom stereocenters. The van der Waals surface area contributed by atoms with E-state index in [-0.39, 0.29) is 0 Å². The van der Waals surface area contributed by atoms with Gasteiger partial charge in [-0.15, -0.1) is 5.10 Å². The van der Waals surface area contributed by atoms with Crippen LogP contribution in [0.15, 0.2) is 30.6 Å². The maximum atomic E-state index is 6.31. The summed E-state index contributed by atoms with van der Waals surface area (Å²) >= 11 is 6.31. The largest absolute Gasteiger partial charge is 0.381 e. The molecule has 6 heteroatoms. The van der Waals surface area contributed by atoms with Gasteiger partial charge in [-0.1, -0.05) is 23.7 Å². The number of nitrogens with zero attached hydrogens (tertiary/aromatic N) is 4. The lowest BCUT2D eigenvalue weighted by Crippen LogP contribution is -2.16. The third-order valence-electron chi connectivity index (χ3n) is 4.41. The van der Waals surface area contributed by atoms with Crippen LogP contribution >= 0.6 is 11.6 Å². The van der Waals surface area contributed by atoms with Gasteiger partial charge in [-0.3, -0.25) is 0 Å². The molecule has 0 saturated carbocycles. The Kier molecular flexibility index (Phi) is 4.12. The maximum absolute atomic E-state index is 6.31. The van der Waals surface area contributed by atoms with E-state index in [1.54, 1.807) is 0 Å². The van der Waals surface area contributed by atoms with Crippen LogP contribution in [-0.2, 0) is 4.74 Å². The number of aromatic nitrogens is 4. The number of hydrogen-bond acceptors (Lipinski definition) is 5. The van der Waals surface area contributed by atoms with Crippen molar-refractivity contribution in [3.05, 3.63) is 47.0 Å². The zero-order chi connectivity index (χ0) is 16.5. The van der Waals surface area contributed by atoms with Gasteiger partial charge in [0, 0.05) is 47.9 Å². The molecule has 4 rings (SSSR count). The number of benzene rings is 1. The lowest BCUT2D eigenvalue weighted by atomic mass is 9.92. The number of aryl methyl sites for hydroxylation is 1. The fraction of sp³-hybridized carbons (Fsp3) is 0.333. The quantitative estimate of drug-likeness (QED) is 0.707. The van der Waals surface area contributed by atoms with Crippen molar-refractivity contribution in [2.45, 2.75) is 25.7 Å². The SMILES string of the molecule is Cc1cnc(-c2ccc3c(C4CCOCC4)nnc(Cl)c3c2)nc1. The highest BCUT2D eigenvalue weighted by atomic mass is 35.5. The fourth-order valence-corrected chi connectivity index (χ4v) is 3.29. The van der Waals surface area contributed by atoms with Crippen LogP contribution in [0.4, 0.5) is 0 Å². The van der Waals surface area contributed by atoms with Gasteiger partial charge >= 0.3 is 0 Å². The highest BCUT2D eigenvalue weighted by Gasteiger charge is 2.21. The molecule has 0 atom stereocenters. The highest BCUT2D eigenvalue weighted by molar-refractivity contribution is 6.34. The number of fused-ring (bicyclic) bond motifs is 1. The number of rotatable bonds is 2. The van der Waals surface area contributed by atoms with Crippen molar-refractivity contribution in [3.8, 4) is 11.4 Å². The monoisotopic (exact) mass is 340 g/mol. The molecule has 1 aromatic carbocycles. The first-order valence-electron chi connectivity index (χ1n) is 8.05. The Morgan fingerprint density at radius 2 is 1.79 bits per heavy atom. The number of ether oxygens (including phenoxy) is 1. The molecule has 0 aliphatic carbocycles. The summed E-state index contributed by atoms with van der Waals surface area (Å²) in [4.78, 5) is 8.78. The predicted octanol–water partition coefficient (Wildman–Crippen LogP) is 3.94. The average Bonchev–Trinajstić information content (AvgIpc) is 2.63. The molecular weight excluding hydrogens is 324 g/mol. The first kappa shape index (κ1) is 15.4. The molecule has 0 spiro atoms. The summed E-state index contributed by atoms with van der Waals surface area (Å²) in [6.45, 7) is 3.51. The van der Waals surface area contributed by atoms with Gasteiger partial charge in [-0.25, -0.2) is 9.97 Å². The van der Waals surface area contributed by atoms with Crippen molar-refractivity contribution in [1.82, 2.24) is 20.2 Å². The third kappa shape index (κ3) is 2.85. The average molecular weight is 341 g/mol. The van der Waals surface area contributed by atoms with Crippen molar-refractivity contribution in [2.24, 2.45) is 0 Å². The Morgan fingerprint density at radius 3 is 2.54 bits per heavy atom. The van der Waals surface area contributed by atoms with E-state index in [0.717, 1.165) is 53.6 Å². The van der Waals surface area contributed by atoms with Gasteiger partial charge in [0.15, 0.2) is 11.0 Å². The van der Waals surface area contributed by atoms with Crippen LogP contribution < -0.4 is 0 Å². The highest BCUT2D eigenvalue weighted by Crippen LogP contribution is 2.34. The van der Waals surface area contributed by atoms with Gasteiger partial charge in [0.1, 0.15) is 0 Å². The summed E-state index contributed by atoms with van der Waals surface area (Å²) in [5.41, 5.74) is 2.97. The summed E-state index contributed by atoms with van der Waals surface area (Å²) in [6.07, 6.45) is 5.56. The first-order chi connectivity index (χ1) is 11.7. The molecule has 1 saturated heterocycles. The lowest BCUT2D eigenvalue weighted by molar-refractivity contribution is 0.0846. The van der Waals surface area contributed by atoms with Crippen molar-refractivity contribution in [3.63, 3.8) is 0 Å². The van der Waals surface area contributed by atoms with Crippen molar-refractivity contribution in [1.29, 1.82) is 0 Å². The van der Waals surface area contributed by atoms with E-state index < -0.39 is 0 Å². The molecule has 0 radical (unpaired) electrons. The molecule has 5 nitrogen and oxygen atoms in total. The van der Waals surface area contributed by atoms with Gasteiger partial charge < -0.3 is 4.74 Å². The van der Waals surface area contributed by atoms with Crippen LogP contribution in [0, 0.1) is 6.92 Å². The summed E-state index contributed by atoms with van der Waals surface area (Å²) in [5.74, 6) is 1.05. The molecule has 0 N–H and O–H groups in total. The topological polar surface area (TPSA) is 60.8 Å². The molecule has 0 bridgehead atoms. The Morgan fingerprint density at radius 1 is 1.04 bits per heavy atom. The molecular formula is C18H17ClN4O. The fourth-order valence-electron chi connectivity index (χ4n) is 3.10. The standard InChI is InChI=1S/C18H17ClN4O/c1-11-9-20-18(21-10-11)13-2-3-14-15(8-13)17(19)23-22-16(14)12-4-6-24-7-5-12/h2-3,8-10,12H,4-7H2,1H3. The molecule has 1 aliphatic heterocycles.